The van der Waals surface area contributed by atoms with Gasteiger partial charge in [-0.25, -0.2) is 4.98 Å². The van der Waals surface area contributed by atoms with Crippen molar-refractivity contribution < 1.29 is 4.79 Å². The van der Waals surface area contributed by atoms with Crippen LogP contribution in [0.2, 0.25) is 0 Å². The maximum Gasteiger partial charge on any atom is 0.293 e. The molecule has 0 unspecified atom stereocenters. The summed E-state index contributed by atoms with van der Waals surface area (Å²) in [6.45, 7) is 3.78. The van der Waals surface area contributed by atoms with Gasteiger partial charge in [-0.05, 0) is 6.42 Å². The number of likely N-dealkylation sites (N-methyl/N-ethyl adjacent to an activating group) is 1. The quantitative estimate of drug-likeness (QED) is 0.741. The standard InChI is InChI=1S/C10H17N5O/c1-3-4-8-12-9(14-13-8)10(16)15(2)7-5-11-6-7/h7,11H,3-6H2,1-2H3,(H,12,13,14). The fourth-order valence-electron chi connectivity index (χ4n) is 1.61. The van der Waals surface area contributed by atoms with E-state index in [0.29, 0.717) is 0 Å². The summed E-state index contributed by atoms with van der Waals surface area (Å²) < 4.78 is 0. The van der Waals surface area contributed by atoms with E-state index >= 15 is 0 Å². The number of aromatic amines is 1. The van der Waals surface area contributed by atoms with Crippen LogP contribution in [0, 0.1) is 0 Å². The molecule has 1 aromatic rings. The Morgan fingerprint density at radius 2 is 2.31 bits per heavy atom. The summed E-state index contributed by atoms with van der Waals surface area (Å²) in [5.41, 5.74) is 0. The van der Waals surface area contributed by atoms with Crippen molar-refractivity contribution in [1.29, 1.82) is 0 Å². The van der Waals surface area contributed by atoms with E-state index in [0.717, 1.165) is 31.8 Å². The molecule has 2 heterocycles. The molecule has 1 fully saturated rings. The predicted molar refractivity (Wildman–Crippen MR) is 59.1 cm³/mol. The van der Waals surface area contributed by atoms with Gasteiger partial charge in [0.15, 0.2) is 0 Å². The number of amides is 1. The number of hydrogen-bond acceptors (Lipinski definition) is 4. The third-order valence-electron chi connectivity index (χ3n) is 2.84. The van der Waals surface area contributed by atoms with E-state index in [4.69, 9.17) is 0 Å². The molecule has 2 rings (SSSR count). The van der Waals surface area contributed by atoms with Gasteiger partial charge in [-0.3, -0.25) is 9.89 Å². The smallest absolute Gasteiger partial charge is 0.293 e. The lowest BCUT2D eigenvalue weighted by Crippen LogP contribution is -2.57. The highest BCUT2D eigenvalue weighted by atomic mass is 16.2. The summed E-state index contributed by atoms with van der Waals surface area (Å²) in [6, 6.07) is 0.278. The van der Waals surface area contributed by atoms with Crippen LogP contribution in [0.1, 0.15) is 29.8 Å². The summed E-state index contributed by atoms with van der Waals surface area (Å²) >= 11 is 0. The van der Waals surface area contributed by atoms with Gasteiger partial charge in [-0.2, -0.15) is 0 Å². The molecule has 0 saturated carbocycles. The van der Waals surface area contributed by atoms with Crippen LogP contribution in [0.5, 0.6) is 0 Å². The maximum atomic E-state index is 11.9. The summed E-state index contributed by atoms with van der Waals surface area (Å²) in [7, 11) is 1.80. The molecular formula is C10H17N5O. The van der Waals surface area contributed by atoms with Crippen LogP contribution in [-0.4, -0.2) is 52.2 Å². The van der Waals surface area contributed by atoms with Gasteiger partial charge in [-0.1, -0.05) is 6.92 Å². The Morgan fingerprint density at radius 1 is 1.56 bits per heavy atom. The second-order valence-electron chi connectivity index (χ2n) is 4.08. The first kappa shape index (κ1) is 11.1. The van der Waals surface area contributed by atoms with E-state index in [1.54, 1.807) is 11.9 Å². The molecule has 88 valence electrons. The van der Waals surface area contributed by atoms with E-state index < -0.39 is 0 Å². The SMILES string of the molecule is CCCc1nc(C(=O)N(C)C2CNC2)n[nH]1. The van der Waals surface area contributed by atoms with Gasteiger partial charge < -0.3 is 10.2 Å². The van der Waals surface area contributed by atoms with Crippen molar-refractivity contribution in [2.75, 3.05) is 20.1 Å². The summed E-state index contributed by atoms with van der Waals surface area (Å²) in [4.78, 5) is 17.8. The molecule has 6 heteroatoms. The normalized spacial score (nSPS) is 15.9. The lowest BCUT2D eigenvalue weighted by molar-refractivity contribution is 0.0669. The van der Waals surface area contributed by atoms with Gasteiger partial charge >= 0.3 is 0 Å². The monoisotopic (exact) mass is 223 g/mol. The molecule has 1 aliphatic heterocycles. The molecule has 1 saturated heterocycles. The fraction of sp³-hybridized carbons (Fsp3) is 0.700. The first-order chi connectivity index (χ1) is 7.72. The predicted octanol–water partition coefficient (Wildman–Crippen LogP) is -0.199. The van der Waals surface area contributed by atoms with Crippen LogP contribution in [0.15, 0.2) is 0 Å². The molecule has 16 heavy (non-hydrogen) atoms. The van der Waals surface area contributed by atoms with Crippen LogP contribution in [-0.2, 0) is 6.42 Å². The molecule has 0 bridgehead atoms. The van der Waals surface area contributed by atoms with E-state index in [9.17, 15) is 4.79 Å². The third kappa shape index (κ3) is 2.06. The zero-order valence-electron chi connectivity index (χ0n) is 9.66. The van der Waals surface area contributed by atoms with E-state index in [-0.39, 0.29) is 17.8 Å². The molecule has 1 aromatic heterocycles. The zero-order valence-corrected chi connectivity index (χ0v) is 9.66. The second kappa shape index (κ2) is 4.61. The van der Waals surface area contributed by atoms with Gasteiger partial charge in [0, 0.05) is 26.6 Å². The summed E-state index contributed by atoms with van der Waals surface area (Å²) in [5, 5.41) is 9.87. The third-order valence-corrected chi connectivity index (χ3v) is 2.84. The number of nitrogens with one attached hydrogen (secondary N) is 2. The van der Waals surface area contributed by atoms with Crippen molar-refractivity contribution in [1.82, 2.24) is 25.4 Å². The van der Waals surface area contributed by atoms with Gasteiger partial charge in [0.25, 0.3) is 5.91 Å². The molecule has 0 radical (unpaired) electrons. The number of aryl methyl sites for hydroxylation is 1. The average Bonchev–Trinajstić information content (AvgIpc) is 2.63. The van der Waals surface area contributed by atoms with Crippen molar-refractivity contribution in [3.05, 3.63) is 11.6 Å². The van der Waals surface area contributed by atoms with E-state index in [1.165, 1.54) is 0 Å². The highest BCUT2D eigenvalue weighted by Crippen LogP contribution is 2.06. The van der Waals surface area contributed by atoms with Crippen LogP contribution >= 0.6 is 0 Å². The molecule has 0 spiro atoms. The second-order valence-corrected chi connectivity index (χ2v) is 4.08. The van der Waals surface area contributed by atoms with Crippen molar-refractivity contribution in [2.24, 2.45) is 0 Å². The van der Waals surface area contributed by atoms with Gasteiger partial charge in [0.05, 0.1) is 6.04 Å². The maximum absolute atomic E-state index is 11.9. The van der Waals surface area contributed by atoms with Crippen LogP contribution in [0.3, 0.4) is 0 Å². The van der Waals surface area contributed by atoms with Gasteiger partial charge in [0.1, 0.15) is 5.82 Å². The van der Waals surface area contributed by atoms with Crippen LogP contribution < -0.4 is 5.32 Å². The largest absolute Gasteiger partial charge is 0.333 e. The highest BCUT2D eigenvalue weighted by molar-refractivity contribution is 5.90. The molecule has 0 atom stereocenters. The fourth-order valence-corrected chi connectivity index (χ4v) is 1.61. The molecule has 1 amide bonds. The molecule has 2 N–H and O–H groups in total. The first-order valence-corrected chi connectivity index (χ1v) is 5.61. The Morgan fingerprint density at radius 3 is 2.88 bits per heavy atom. The minimum absolute atomic E-state index is 0.106. The number of hydrogen-bond donors (Lipinski definition) is 2. The number of aromatic nitrogens is 3. The van der Waals surface area contributed by atoms with Crippen LogP contribution in [0.4, 0.5) is 0 Å². The zero-order chi connectivity index (χ0) is 11.5. The van der Waals surface area contributed by atoms with Crippen LogP contribution in [0.25, 0.3) is 0 Å². The molecule has 6 nitrogen and oxygen atoms in total. The molecule has 1 aliphatic rings. The Bertz CT molecular complexity index is 371. The van der Waals surface area contributed by atoms with E-state index in [2.05, 4.69) is 27.4 Å². The number of H-pyrrole nitrogens is 1. The number of nitrogens with zero attached hydrogens (tertiary/aromatic N) is 3. The molecule has 0 aromatic carbocycles. The molecule has 0 aliphatic carbocycles. The van der Waals surface area contributed by atoms with Gasteiger partial charge in [0.2, 0.25) is 5.82 Å². The number of carbonyl (C=O) groups excluding carboxylic acids is 1. The van der Waals surface area contributed by atoms with E-state index in [1.807, 2.05) is 0 Å². The Hall–Kier alpha value is -1.43. The molecular weight excluding hydrogens is 206 g/mol. The number of rotatable bonds is 4. The summed E-state index contributed by atoms with van der Waals surface area (Å²) in [5.74, 6) is 0.953. The van der Waals surface area contributed by atoms with Crippen molar-refractivity contribution in [3.63, 3.8) is 0 Å². The van der Waals surface area contributed by atoms with Gasteiger partial charge in [-0.15, -0.1) is 5.10 Å². The minimum atomic E-state index is -0.106. The average molecular weight is 223 g/mol. The Kier molecular flexibility index (Phi) is 3.19. The Balaban J connectivity index is 2.01. The topological polar surface area (TPSA) is 73.9 Å². The van der Waals surface area contributed by atoms with Crippen molar-refractivity contribution in [3.8, 4) is 0 Å². The highest BCUT2D eigenvalue weighted by Gasteiger charge is 2.27. The lowest BCUT2D eigenvalue weighted by Gasteiger charge is -2.34. The number of carbonyl (C=O) groups is 1. The lowest BCUT2D eigenvalue weighted by atomic mass is 10.1. The summed E-state index contributed by atoms with van der Waals surface area (Å²) in [6.07, 6.45) is 1.82. The minimum Gasteiger partial charge on any atom is -0.333 e. The van der Waals surface area contributed by atoms with Crippen molar-refractivity contribution in [2.45, 2.75) is 25.8 Å². The Labute approximate surface area is 94.4 Å². The first-order valence-electron chi connectivity index (χ1n) is 5.61. The van der Waals surface area contributed by atoms with Crippen molar-refractivity contribution >= 4 is 5.91 Å².